The van der Waals surface area contributed by atoms with Crippen LogP contribution in [0.1, 0.15) is 38.7 Å². The molecule has 0 N–H and O–H groups in total. The van der Waals surface area contributed by atoms with E-state index in [0.717, 1.165) is 30.9 Å². The minimum Gasteiger partial charge on any atom is -0.493 e. The molecule has 2 unspecified atom stereocenters. The van der Waals surface area contributed by atoms with Crippen molar-refractivity contribution >= 4 is 7.82 Å². The largest absolute Gasteiger partial charge is 0.529 e. The topological polar surface area (TPSA) is 66.5 Å². The van der Waals surface area contributed by atoms with Gasteiger partial charge in [0.2, 0.25) is 0 Å². The molecule has 1 aromatic rings. The van der Waals surface area contributed by atoms with Crippen molar-refractivity contribution in [3.05, 3.63) is 35.6 Å². The Morgan fingerprint density at radius 1 is 1.13 bits per heavy atom. The van der Waals surface area contributed by atoms with Crippen molar-refractivity contribution in [1.29, 1.82) is 0 Å². The van der Waals surface area contributed by atoms with E-state index in [-0.39, 0.29) is 16.9 Å². The van der Waals surface area contributed by atoms with Crippen molar-refractivity contribution < 1.29 is 27.6 Å². The highest BCUT2D eigenvalue weighted by Crippen LogP contribution is 2.58. The monoisotopic (exact) mass is 437 g/mol. The van der Waals surface area contributed by atoms with Gasteiger partial charge in [-0.2, -0.15) is 0 Å². The highest BCUT2D eigenvalue weighted by Gasteiger charge is 2.50. The first-order chi connectivity index (χ1) is 14.2. The van der Waals surface area contributed by atoms with Crippen LogP contribution >= 0.6 is 7.82 Å². The first-order valence-electron chi connectivity index (χ1n) is 10.4. The molecule has 2 fully saturated rings. The number of ether oxygens (including phenoxy) is 2. The van der Waals surface area contributed by atoms with Gasteiger partial charge in [-0.15, -0.1) is 0 Å². The molecule has 1 aliphatic carbocycles. The van der Waals surface area contributed by atoms with Crippen LogP contribution < -0.4 is 9.47 Å². The highest BCUT2D eigenvalue weighted by atomic mass is 31.2. The Hall–Kier alpha value is -1.53. The van der Waals surface area contributed by atoms with E-state index < -0.39 is 7.82 Å². The molecule has 30 heavy (non-hydrogen) atoms. The zero-order chi connectivity index (χ0) is 21.6. The van der Waals surface area contributed by atoms with Gasteiger partial charge in [0.25, 0.3) is 0 Å². The second-order valence-corrected chi connectivity index (χ2v) is 10.9. The predicted molar refractivity (Wildman–Crippen MR) is 114 cm³/mol. The molecular formula is C22H32NO6P. The smallest absolute Gasteiger partial charge is 0.493 e. The summed E-state index contributed by atoms with van der Waals surface area (Å²) in [5, 5.41) is 0. The van der Waals surface area contributed by atoms with Crippen LogP contribution in [0.4, 0.5) is 0 Å². The average Bonchev–Trinajstić information content (AvgIpc) is 3.07. The lowest BCUT2D eigenvalue weighted by Crippen LogP contribution is -2.43. The van der Waals surface area contributed by atoms with Crippen molar-refractivity contribution in [2.75, 3.05) is 41.0 Å². The number of nitrogens with zero attached hydrogens (tertiary/aromatic N) is 1. The van der Waals surface area contributed by atoms with Crippen molar-refractivity contribution in [1.82, 2.24) is 4.90 Å². The number of likely N-dealkylation sites (tertiary alicyclic amines) is 1. The molecule has 4 rings (SSSR count). The third-order valence-electron chi connectivity index (χ3n) is 6.58. The summed E-state index contributed by atoms with van der Waals surface area (Å²) in [5.74, 6) is 2.15. The van der Waals surface area contributed by atoms with E-state index in [2.05, 4.69) is 30.2 Å². The molecule has 2 atom stereocenters. The number of allylic oxidation sites excluding steroid dienone is 1. The SMILES string of the molecule is COc1ccc(C23CC=C(OP4(=O)OCC(C)(C)CO4)CC2N(C)CC3)cc1OC. The Morgan fingerprint density at radius 3 is 2.50 bits per heavy atom. The number of likely N-dealkylation sites (N-methyl/N-ethyl adjacent to an activating group) is 1. The lowest BCUT2D eigenvalue weighted by Gasteiger charge is -2.41. The van der Waals surface area contributed by atoms with E-state index in [4.69, 9.17) is 23.0 Å². The summed E-state index contributed by atoms with van der Waals surface area (Å²) in [5.41, 5.74) is 1.02. The maximum absolute atomic E-state index is 12.9. The molecule has 0 spiro atoms. The van der Waals surface area contributed by atoms with Crippen LogP contribution in [0, 0.1) is 5.41 Å². The lowest BCUT2D eigenvalue weighted by atomic mass is 9.68. The predicted octanol–water partition coefficient (Wildman–Crippen LogP) is 4.52. The molecule has 0 saturated carbocycles. The van der Waals surface area contributed by atoms with E-state index in [9.17, 15) is 4.57 Å². The quantitative estimate of drug-likeness (QED) is 0.628. The molecule has 3 aliphatic rings. The molecule has 2 heterocycles. The van der Waals surface area contributed by atoms with Crippen LogP contribution in [-0.2, 0) is 23.6 Å². The second kappa shape index (κ2) is 7.86. The van der Waals surface area contributed by atoms with Crippen molar-refractivity contribution in [2.24, 2.45) is 5.41 Å². The Kier molecular flexibility index (Phi) is 5.69. The van der Waals surface area contributed by atoms with Gasteiger partial charge in [-0.05, 0) is 50.2 Å². The number of hydrogen-bond donors (Lipinski definition) is 0. The van der Waals surface area contributed by atoms with Gasteiger partial charge >= 0.3 is 7.82 Å². The van der Waals surface area contributed by atoms with Gasteiger partial charge in [-0.25, -0.2) is 4.57 Å². The van der Waals surface area contributed by atoms with Crippen LogP contribution in [0.5, 0.6) is 11.5 Å². The standard InChI is InChI=1S/C22H32NO6P/c1-21(2)14-27-30(24,28-15-21)29-17-8-9-22(10-11-23(3)20(22)13-17)16-6-7-18(25-4)19(12-16)26-5/h6-8,12,20H,9-11,13-15H2,1-5H3. The highest BCUT2D eigenvalue weighted by molar-refractivity contribution is 7.48. The molecule has 0 bridgehead atoms. The summed E-state index contributed by atoms with van der Waals surface area (Å²) in [6.07, 6.45) is 4.54. The van der Waals surface area contributed by atoms with E-state index in [0.29, 0.717) is 25.4 Å². The Balaban J connectivity index is 1.58. The van der Waals surface area contributed by atoms with E-state index in [1.54, 1.807) is 14.2 Å². The number of phosphoric acid groups is 1. The molecule has 1 aromatic carbocycles. The molecular weight excluding hydrogens is 405 g/mol. The van der Waals surface area contributed by atoms with Gasteiger partial charge in [0, 0.05) is 23.3 Å². The van der Waals surface area contributed by atoms with Gasteiger partial charge in [0.15, 0.2) is 11.5 Å². The molecule has 166 valence electrons. The van der Waals surface area contributed by atoms with Crippen LogP contribution in [0.25, 0.3) is 0 Å². The van der Waals surface area contributed by atoms with E-state index >= 15 is 0 Å². The minimum absolute atomic E-state index is 0.0497. The van der Waals surface area contributed by atoms with Crippen LogP contribution in [-0.4, -0.2) is 52.0 Å². The fourth-order valence-corrected chi connectivity index (χ4v) is 6.37. The Bertz CT molecular complexity index is 870. The number of rotatable bonds is 5. The van der Waals surface area contributed by atoms with Crippen molar-refractivity contribution in [3.8, 4) is 11.5 Å². The molecule has 2 aliphatic heterocycles. The van der Waals surface area contributed by atoms with Gasteiger partial charge < -0.3 is 18.9 Å². The third-order valence-corrected chi connectivity index (χ3v) is 7.93. The van der Waals surface area contributed by atoms with Crippen LogP contribution in [0.3, 0.4) is 0 Å². The number of phosphoric ester groups is 1. The number of methoxy groups -OCH3 is 2. The van der Waals surface area contributed by atoms with E-state index in [1.165, 1.54) is 5.56 Å². The molecule has 0 amide bonds. The number of hydrogen-bond acceptors (Lipinski definition) is 7. The maximum atomic E-state index is 12.9. The zero-order valence-corrected chi connectivity index (χ0v) is 19.4. The van der Waals surface area contributed by atoms with E-state index in [1.807, 2.05) is 19.9 Å². The number of fused-ring (bicyclic) bond motifs is 1. The second-order valence-electron chi connectivity index (χ2n) is 9.30. The van der Waals surface area contributed by atoms with Gasteiger partial charge in [0.1, 0.15) is 5.76 Å². The third kappa shape index (κ3) is 3.89. The fourth-order valence-electron chi connectivity index (χ4n) is 4.74. The average molecular weight is 437 g/mol. The van der Waals surface area contributed by atoms with Gasteiger partial charge in [0.05, 0.1) is 27.4 Å². The fraction of sp³-hybridized carbons (Fsp3) is 0.636. The summed E-state index contributed by atoms with van der Waals surface area (Å²) in [6.45, 7) is 5.73. The Labute approximate surface area is 178 Å². The number of benzene rings is 1. The summed E-state index contributed by atoms with van der Waals surface area (Å²) < 4.78 is 40.7. The summed E-state index contributed by atoms with van der Waals surface area (Å²) in [6, 6.07) is 6.41. The van der Waals surface area contributed by atoms with Gasteiger partial charge in [-0.3, -0.25) is 9.05 Å². The van der Waals surface area contributed by atoms with Gasteiger partial charge in [-0.1, -0.05) is 19.9 Å². The molecule has 8 heteroatoms. The normalized spacial score (nSPS) is 30.3. The first kappa shape index (κ1) is 21.7. The Morgan fingerprint density at radius 2 is 1.83 bits per heavy atom. The lowest BCUT2D eigenvalue weighted by molar-refractivity contribution is 0.00730. The van der Waals surface area contributed by atoms with Crippen molar-refractivity contribution in [3.63, 3.8) is 0 Å². The molecule has 2 saturated heterocycles. The molecule has 0 aromatic heterocycles. The van der Waals surface area contributed by atoms with Crippen LogP contribution in [0.2, 0.25) is 0 Å². The van der Waals surface area contributed by atoms with Crippen molar-refractivity contribution in [2.45, 2.75) is 44.6 Å². The zero-order valence-electron chi connectivity index (χ0n) is 18.5. The summed E-state index contributed by atoms with van der Waals surface area (Å²) >= 11 is 0. The molecule has 7 nitrogen and oxygen atoms in total. The first-order valence-corrected chi connectivity index (χ1v) is 11.9. The summed E-state index contributed by atoms with van der Waals surface area (Å²) in [4.78, 5) is 2.36. The minimum atomic E-state index is -3.56. The molecule has 0 radical (unpaired) electrons. The van der Waals surface area contributed by atoms with Crippen LogP contribution in [0.15, 0.2) is 30.0 Å². The summed E-state index contributed by atoms with van der Waals surface area (Å²) in [7, 11) is 1.88. The maximum Gasteiger partial charge on any atom is 0.529 e.